The van der Waals surface area contributed by atoms with E-state index >= 15 is 0 Å². The van der Waals surface area contributed by atoms with Crippen LogP contribution in [0.4, 0.5) is 0 Å². The largest absolute Gasteiger partial charge is 0.456 e. The molecule has 10 aromatic rings. The molecule has 0 radical (unpaired) electrons. The van der Waals surface area contributed by atoms with Gasteiger partial charge in [0.2, 0.25) is 0 Å². The van der Waals surface area contributed by atoms with Crippen LogP contribution in [0.15, 0.2) is 120 Å². The Morgan fingerprint density at radius 2 is 1.27 bits per heavy atom. The van der Waals surface area contributed by atoms with E-state index in [1.807, 2.05) is 36.4 Å². The van der Waals surface area contributed by atoms with E-state index in [0.717, 1.165) is 60.6 Å². The van der Waals surface area contributed by atoms with Crippen LogP contribution in [0.5, 0.6) is 0 Å². The van der Waals surface area contributed by atoms with Gasteiger partial charge in [0.05, 0.1) is 27.5 Å². The average Bonchev–Trinajstić information content (AvgIpc) is 3.65. The molecule has 6 aromatic carbocycles. The minimum absolute atomic E-state index is 0.876. The number of hydrogen-bond acceptors (Lipinski definition) is 3. The molecule has 4 heterocycles. The molecule has 0 bridgehead atoms. The van der Waals surface area contributed by atoms with Gasteiger partial charge in [-0.3, -0.25) is 4.40 Å². The first-order chi connectivity index (χ1) is 19.8. The lowest BCUT2D eigenvalue weighted by Crippen LogP contribution is -1.89. The Bertz CT molecular complexity index is 2650. The zero-order chi connectivity index (χ0) is 25.9. The number of fused-ring (bicyclic) bond motifs is 12. The Balaban J connectivity index is 1.48. The molecule has 10 rings (SSSR count). The summed E-state index contributed by atoms with van der Waals surface area (Å²) < 4.78 is 8.65. The molecule has 40 heavy (non-hydrogen) atoms. The van der Waals surface area contributed by atoms with E-state index in [4.69, 9.17) is 14.4 Å². The second-order valence-corrected chi connectivity index (χ2v) is 10.6. The van der Waals surface area contributed by atoms with Crippen LogP contribution < -0.4 is 0 Å². The maximum Gasteiger partial charge on any atom is 0.165 e. The summed E-state index contributed by atoms with van der Waals surface area (Å²) in [5, 5.41) is 8.21. The van der Waals surface area contributed by atoms with E-state index in [0.29, 0.717) is 0 Å². The van der Waals surface area contributed by atoms with E-state index < -0.39 is 0 Å². The molecule has 4 aromatic heterocycles. The zero-order valence-electron chi connectivity index (χ0n) is 21.2. The van der Waals surface area contributed by atoms with Gasteiger partial charge >= 0.3 is 0 Å². The number of benzene rings is 6. The third-order valence-corrected chi connectivity index (χ3v) is 8.48. The van der Waals surface area contributed by atoms with Gasteiger partial charge in [0.25, 0.3) is 0 Å². The van der Waals surface area contributed by atoms with Crippen LogP contribution in [0, 0.1) is 0 Å². The summed E-state index contributed by atoms with van der Waals surface area (Å²) in [6.07, 6.45) is 0. The first kappa shape index (κ1) is 20.5. The van der Waals surface area contributed by atoms with Gasteiger partial charge < -0.3 is 4.42 Å². The number of hydrogen-bond donors (Lipinski definition) is 0. The van der Waals surface area contributed by atoms with Crippen LogP contribution in [0.1, 0.15) is 0 Å². The van der Waals surface area contributed by atoms with Crippen LogP contribution in [-0.4, -0.2) is 14.4 Å². The van der Waals surface area contributed by atoms with Crippen LogP contribution in [0.25, 0.3) is 93.2 Å². The third-order valence-electron chi connectivity index (χ3n) is 8.48. The predicted octanol–water partition coefficient (Wildman–Crippen LogP) is 9.50. The normalized spacial score (nSPS) is 12.5. The molecule has 0 aliphatic heterocycles. The summed E-state index contributed by atoms with van der Waals surface area (Å²) in [4.78, 5) is 10.4. The highest BCUT2D eigenvalue weighted by Gasteiger charge is 2.24. The number of furan rings is 1. The summed E-state index contributed by atoms with van der Waals surface area (Å²) in [5.74, 6) is 0. The molecule has 0 unspecified atom stereocenters. The Morgan fingerprint density at radius 1 is 0.525 bits per heavy atom. The summed E-state index contributed by atoms with van der Waals surface area (Å²) in [6.45, 7) is 0. The second-order valence-electron chi connectivity index (χ2n) is 10.6. The molecule has 0 saturated carbocycles. The smallest absolute Gasteiger partial charge is 0.165 e. The number of para-hydroxylation sites is 3. The van der Waals surface area contributed by atoms with Crippen LogP contribution in [0.3, 0.4) is 0 Å². The molecule has 184 valence electrons. The molecule has 0 amide bonds. The molecular formula is C36H19N3O. The average molecular weight is 510 g/mol. The van der Waals surface area contributed by atoms with E-state index in [9.17, 15) is 0 Å². The zero-order valence-corrected chi connectivity index (χ0v) is 21.2. The van der Waals surface area contributed by atoms with Gasteiger partial charge in [0, 0.05) is 21.5 Å². The molecule has 4 nitrogen and oxygen atoms in total. The predicted molar refractivity (Wildman–Crippen MR) is 164 cm³/mol. The molecule has 0 saturated heterocycles. The van der Waals surface area contributed by atoms with Crippen molar-refractivity contribution in [1.82, 2.24) is 14.4 Å². The fourth-order valence-electron chi connectivity index (χ4n) is 6.79. The van der Waals surface area contributed by atoms with Gasteiger partial charge in [0.1, 0.15) is 16.7 Å². The minimum Gasteiger partial charge on any atom is -0.456 e. The number of rotatable bonds is 1. The van der Waals surface area contributed by atoms with E-state index in [1.54, 1.807) is 0 Å². The number of aromatic nitrogens is 3. The lowest BCUT2D eigenvalue weighted by atomic mass is 9.95. The summed E-state index contributed by atoms with van der Waals surface area (Å²) in [5.41, 5.74) is 10.0. The molecular weight excluding hydrogens is 490 g/mol. The lowest BCUT2D eigenvalue weighted by Gasteiger charge is -2.08. The first-order valence-electron chi connectivity index (χ1n) is 13.5. The fraction of sp³-hybridized carbons (Fsp3) is 0. The van der Waals surface area contributed by atoms with Gasteiger partial charge in [0.15, 0.2) is 5.65 Å². The standard InChI is InChI=1S/C36H19N3O/c1-2-10-22-20(8-1)9-7-12-23(22)21-18-26-24-16-17-31-32(25-11-3-6-15-30(25)40-31)35(24)39-34(26)27(19-21)33-36(39)38-29-14-5-4-13-28(29)37-33/h1-19H. The highest BCUT2D eigenvalue weighted by Crippen LogP contribution is 2.45. The summed E-state index contributed by atoms with van der Waals surface area (Å²) in [6, 6.07) is 40.5. The molecule has 0 aliphatic carbocycles. The van der Waals surface area contributed by atoms with Gasteiger partial charge in [-0.1, -0.05) is 72.8 Å². The Labute approximate surface area is 227 Å². The maximum absolute atomic E-state index is 6.32. The Hall–Kier alpha value is -5.48. The summed E-state index contributed by atoms with van der Waals surface area (Å²) in [7, 11) is 0. The van der Waals surface area contributed by atoms with E-state index in [1.165, 1.54) is 32.7 Å². The number of nitrogens with zero attached hydrogens (tertiary/aromatic N) is 3. The maximum atomic E-state index is 6.32. The second kappa shape index (κ2) is 7.13. The van der Waals surface area contributed by atoms with Crippen molar-refractivity contribution < 1.29 is 4.42 Å². The van der Waals surface area contributed by atoms with Crippen molar-refractivity contribution in [2.24, 2.45) is 0 Å². The van der Waals surface area contributed by atoms with Crippen LogP contribution >= 0.6 is 0 Å². The fourth-order valence-corrected chi connectivity index (χ4v) is 6.79. The van der Waals surface area contributed by atoms with Gasteiger partial charge in [-0.25, -0.2) is 9.97 Å². The van der Waals surface area contributed by atoms with Gasteiger partial charge in [-0.2, -0.15) is 0 Å². The first-order valence-corrected chi connectivity index (χ1v) is 13.5. The van der Waals surface area contributed by atoms with E-state index in [2.05, 4.69) is 83.3 Å². The lowest BCUT2D eigenvalue weighted by molar-refractivity contribution is 0.669. The third kappa shape index (κ3) is 2.46. The monoisotopic (exact) mass is 509 g/mol. The Morgan fingerprint density at radius 3 is 2.20 bits per heavy atom. The van der Waals surface area contributed by atoms with Crippen molar-refractivity contribution in [3.8, 4) is 11.1 Å². The summed E-state index contributed by atoms with van der Waals surface area (Å²) >= 11 is 0. The molecule has 0 aliphatic rings. The van der Waals surface area contributed by atoms with Crippen molar-refractivity contribution in [3.05, 3.63) is 115 Å². The quantitative estimate of drug-likeness (QED) is 0.221. The van der Waals surface area contributed by atoms with E-state index in [-0.39, 0.29) is 0 Å². The van der Waals surface area contributed by atoms with Crippen molar-refractivity contribution in [1.29, 1.82) is 0 Å². The molecule has 0 atom stereocenters. The highest BCUT2D eigenvalue weighted by atomic mass is 16.3. The van der Waals surface area contributed by atoms with Crippen LogP contribution in [0.2, 0.25) is 0 Å². The molecule has 0 N–H and O–H groups in total. The molecule has 0 spiro atoms. The Kier molecular flexibility index (Phi) is 3.65. The van der Waals surface area contributed by atoms with Gasteiger partial charge in [-0.05, 0) is 64.4 Å². The topological polar surface area (TPSA) is 43.3 Å². The molecule has 0 fully saturated rings. The SMILES string of the molecule is c1ccc2c(-c3cc4c5ccc6oc7ccccc7c6c5n5c6nc7ccccc7nc6c(c3)c45)cccc2c1. The van der Waals surface area contributed by atoms with Crippen molar-refractivity contribution in [2.75, 3.05) is 0 Å². The van der Waals surface area contributed by atoms with Crippen molar-refractivity contribution >= 4 is 82.1 Å². The van der Waals surface area contributed by atoms with Crippen molar-refractivity contribution in [2.45, 2.75) is 0 Å². The van der Waals surface area contributed by atoms with Crippen molar-refractivity contribution in [3.63, 3.8) is 0 Å². The van der Waals surface area contributed by atoms with Gasteiger partial charge in [-0.15, -0.1) is 0 Å². The highest BCUT2D eigenvalue weighted by molar-refractivity contribution is 6.30. The molecule has 4 heteroatoms. The van der Waals surface area contributed by atoms with Crippen LogP contribution in [-0.2, 0) is 0 Å². The minimum atomic E-state index is 0.876.